The van der Waals surface area contributed by atoms with Crippen LogP contribution < -0.4 is 10.2 Å². The predicted molar refractivity (Wildman–Crippen MR) is 121 cm³/mol. The Morgan fingerprint density at radius 1 is 1.10 bits per heavy atom. The minimum absolute atomic E-state index is 0.0238. The van der Waals surface area contributed by atoms with E-state index in [1.165, 1.54) is 6.20 Å². The number of anilines is 3. The van der Waals surface area contributed by atoms with E-state index >= 15 is 0 Å². The van der Waals surface area contributed by atoms with Crippen LogP contribution >= 0.6 is 11.3 Å². The van der Waals surface area contributed by atoms with Crippen molar-refractivity contribution in [2.75, 3.05) is 23.3 Å². The molecule has 0 radical (unpaired) electrons. The van der Waals surface area contributed by atoms with Crippen molar-refractivity contribution in [3.8, 4) is 0 Å². The van der Waals surface area contributed by atoms with Gasteiger partial charge in [0.1, 0.15) is 5.00 Å². The first-order valence-electron chi connectivity index (χ1n) is 10.1. The van der Waals surface area contributed by atoms with Crippen LogP contribution in [0.3, 0.4) is 0 Å². The van der Waals surface area contributed by atoms with Gasteiger partial charge in [-0.15, -0.1) is 0 Å². The molecule has 1 aromatic heterocycles. The molecule has 1 aromatic carbocycles. The molecule has 0 saturated heterocycles. The van der Waals surface area contributed by atoms with E-state index in [2.05, 4.69) is 42.9 Å². The van der Waals surface area contributed by atoms with Crippen LogP contribution in [0, 0.1) is 11.8 Å². The lowest BCUT2D eigenvalue weighted by Crippen LogP contribution is -2.31. The number of carboxylic acids is 2. The molecule has 0 saturated carbocycles. The molecule has 0 amide bonds. The number of rotatable bonds is 11. The summed E-state index contributed by atoms with van der Waals surface area (Å²) < 4.78 is 0. The lowest BCUT2D eigenvalue weighted by Gasteiger charge is -2.31. The molecule has 0 spiro atoms. The molecule has 0 aliphatic rings. The number of aromatic carboxylic acids is 1. The number of hydrogen-bond acceptors (Lipinski definition) is 6. The monoisotopic (exact) mass is 433 g/mol. The molecule has 0 aliphatic heterocycles. The fourth-order valence-corrected chi connectivity index (χ4v) is 4.00. The van der Waals surface area contributed by atoms with Gasteiger partial charge in [0.05, 0.1) is 24.0 Å². The zero-order valence-electron chi connectivity index (χ0n) is 18.2. The molecule has 2 aromatic rings. The highest BCUT2D eigenvalue weighted by molar-refractivity contribution is 7.17. The number of nitrogens with one attached hydrogen (secondary N) is 1. The van der Waals surface area contributed by atoms with Crippen molar-refractivity contribution in [2.24, 2.45) is 11.8 Å². The second-order valence-corrected chi connectivity index (χ2v) is 9.46. The smallest absolute Gasteiger partial charge is 0.365 e. The number of thiazole rings is 1. The van der Waals surface area contributed by atoms with Gasteiger partial charge in [0.15, 0.2) is 0 Å². The SMILES string of the molecule is CC(C)CN(CC(C)C)c1ccc(C(C)CC(=O)O)cc1Nc1cnc(C(=O)O)s1. The first kappa shape index (κ1) is 23.7. The lowest BCUT2D eigenvalue weighted by atomic mass is 9.96. The number of aromatic nitrogens is 1. The highest BCUT2D eigenvalue weighted by Crippen LogP contribution is 2.35. The highest BCUT2D eigenvalue weighted by Gasteiger charge is 2.19. The minimum atomic E-state index is -1.06. The number of hydrogen-bond donors (Lipinski definition) is 3. The van der Waals surface area contributed by atoms with E-state index in [1.807, 2.05) is 25.1 Å². The Balaban J connectivity index is 2.47. The molecule has 1 atom stereocenters. The predicted octanol–water partition coefficient (Wildman–Crippen LogP) is 5.28. The maximum atomic E-state index is 11.2. The van der Waals surface area contributed by atoms with Gasteiger partial charge in [-0.05, 0) is 35.4 Å². The molecule has 7 nitrogen and oxygen atoms in total. The summed E-state index contributed by atoms with van der Waals surface area (Å²) in [5.41, 5.74) is 2.75. The summed E-state index contributed by atoms with van der Waals surface area (Å²) >= 11 is 1.07. The third kappa shape index (κ3) is 6.73. The Morgan fingerprint density at radius 2 is 1.73 bits per heavy atom. The molecule has 1 heterocycles. The Bertz CT molecular complexity index is 869. The molecular weight excluding hydrogens is 402 g/mol. The highest BCUT2D eigenvalue weighted by atomic mass is 32.1. The molecule has 8 heteroatoms. The van der Waals surface area contributed by atoms with Crippen molar-refractivity contribution in [3.63, 3.8) is 0 Å². The van der Waals surface area contributed by atoms with Crippen LogP contribution in [-0.2, 0) is 4.79 Å². The van der Waals surface area contributed by atoms with E-state index in [9.17, 15) is 9.59 Å². The van der Waals surface area contributed by atoms with Gasteiger partial charge in [-0.25, -0.2) is 9.78 Å². The third-order valence-electron chi connectivity index (χ3n) is 4.53. The molecule has 1 unspecified atom stereocenters. The van der Waals surface area contributed by atoms with Gasteiger partial charge in [0, 0.05) is 13.1 Å². The topological polar surface area (TPSA) is 103 Å². The first-order valence-corrected chi connectivity index (χ1v) is 10.9. The molecular formula is C22H31N3O4S. The van der Waals surface area contributed by atoms with Gasteiger partial charge < -0.3 is 20.4 Å². The van der Waals surface area contributed by atoms with Gasteiger partial charge >= 0.3 is 11.9 Å². The van der Waals surface area contributed by atoms with Crippen LogP contribution in [0.25, 0.3) is 0 Å². The molecule has 2 rings (SSSR count). The largest absolute Gasteiger partial charge is 0.481 e. The zero-order chi connectivity index (χ0) is 22.4. The summed E-state index contributed by atoms with van der Waals surface area (Å²) in [5, 5.41) is 22.3. The third-order valence-corrected chi connectivity index (χ3v) is 5.43. The molecule has 0 fully saturated rings. The molecule has 164 valence electrons. The van der Waals surface area contributed by atoms with Crippen molar-refractivity contribution >= 4 is 39.7 Å². The number of nitrogens with zero attached hydrogens (tertiary/aromatic N) is 2. The Labute approximate surface area is 181 Å². The van der Waals surface area contributed by atoms with Crippen molar-refractivity contribution in [1.82, 2.24) is 4.98 Å². The molecule has 30 heavy (non-hydrogen) atoms. The summed E-state index contributed by atoms with van der Waals surface area (Å²) in [6.07, 6.45) is 1.56. The summed E-state index contributed by atoms with van der Waals surface area (Å²) in [4.78, 5) is 28.6. The minimum Gasteiger partial charge on any atom is -0.481 e. The van der Waals surface area contributed by atoms with Gasteiger partial charge in [-0.3, -0.25) is 4.79 Å². The van der Waals surface area contributed by atoms with E-state index in [-0.39, 0.29) is 17.3 Å². The van der Waals surface area contributed by atoms with E-state index in [1.54, 1.807) is 0 Å². The van der Waals surface area contributed by atoms with Crippen LogP contribution in [0.2, 0.25) is 0 Å². The van der Waals surface area contributed by atoms with Crippen molar-refractivity contribution in [1.29, 1.82) is 0 Å². The number of carboxylic acid groups (broad SMARTS) is 2. The fourth-order valence-electron chi connectivity index (χ4n) is 3.33. The van der Waals surface area contributed by atoms with Gasteiger partial charge in [0.2, 0.25) is 5.01 Å². The molecule has 3 N–H and O–H groups in total. The second kappa shape index (κ2) is 10.4. The maximum Gasteiger partial charge on any atom is 0.365 e. The summed E-state index contributed by atoms with van der Waals surface area (Å²) in [5.74, 6) is -1.11. The quantitative estimate of drug-likeness (QED) is 0.443. The molecule has 0 aliphatic carbocycles. The van der Waals surface area contributed by atoms with Crippen LogP contribution in [0.1, 0.15) is 62.3 Å². The number of aliphatic carboxylic acids is 1. The summed E-state index contributed by atoms with van der Waals surface area (Å²) in [6, 6.07) is 5.98. The Morgan fingerprint density at radius 3 is 2.23 bits per heavy atom. The van der Waals surface area contributed by atoms with E-state index in [0.29, 0.717) is 16.8 Å². The standard InChI is InChI=1S/C22H31N3O4S/c1-13(2)11-25(12-14(3)4)18-7-6-16(15(5)8-20(26)27)9-17(18)24-19-10-23-21(30-19)22(28)29/h6-7,9-10,13-15,24H,8,11-12H2,1-5H3,(H,26,27)(H,28,29). The first-order chi connectivity index (χ1) is 14.1. The van der Waals surface area contributed by atoms with Gasteiger partial charge in [-0.2, -0.15) is 0 Å². The van der Waals surface area contributed by atoms with Crippen LogP contribution in [-0.4, -0.2) is 40.2 Å². The van der Waals surface area contributed by atoms with E-state index in [0.717, 1.165) is 41.4 Å². The molecule has 0 bridgehead atoms. The summed E-state index contributed by atoms with van der Waals surface area (Å²) in [7, 11) is 0. The van der Waals surface area contributed by atoms with Gasteiger partial charge in [-0.1, -0.05) is 52.0 Å². The van der Waals surface area contributed by atoms with Crippen LogP contribution in [0.4, 0.5) is 16.4 Å². The lowest BCUT2D eigenvalue weighted by molar-refractivity contribution is -0.137. The number of benzene rings is 1. The second-order valence-electron chi connectivity index (χ2n) is 8.43. The number of carbonyl (C=O) groups is 2. The van der Waals surface area contributed by atoms with E-state index < -0.39 is 11.9 Å². The fraction of sp³-hybridized carbons (Fsp3) is 0.500. The van der Waals surface area contributed by atoms with Crippen molar-refractivity contribution < 1.29 is 19.8 Å². The van der Waals surface area contributed by atoms with Crippen molar-refractivity contribution in [3.05, 3.63) is 35.0 Å². The van der Waals surface area contributed by atoms with Crippen molar-refractivity contribution in [2.45, 2.75) is 47.0 Å². The van der Waals surface area contributed by atoms with Crippen LogP contribution in [0.5, 0.6) is 0 Å². The average molecular weight is 434 g/mol. The van der Waals surface area contributed by atoms with E-state index in [4.69, 9.17) is 10.2 Å². The Hall–Kier alpha value is -2.61. The zero-order valence-corrected chi connectivity index (χ0v) is 19.0. The maximum absolute atomic E-state index is 11.2. The van der Waals surface area contributed by atoms with Gasteiger partial charge in [0.25, 0.3) is 0 Å². The normalized spacial score (nSPS) is 12.2. The average Bonchev–Trinajstić information content (AvgIpc) is 3.08. The summed E-state index contributed by atoms with van der Waals surface area (Å²) in [6.45, 7) is 12.3. The van der Waals surface area contributed by atoms with Crippen LogP contribution in [0.15, 0.2) is 24.4 Å². The Kier molecular flexibility index (Phi) is 8.23.